The van der Waals surface area contributed by atoms with Crippen molar-refractivity contribution in [3.8, 4) is 0 Å². The molecule has 3 rings (SSSR count). The first kappa shape index (κ1) is 15.6. The molecule has 1 fully saturated rings. The third kappa shape index (κ3) is 3.73. The van der Waals surface area contributed by atoms with E-state index in [0.29, 0.717) is 0 Å². The Morgan fingerprint density at radius 1 is 1.00 bits per heavy atom. The first-order chi connectivity index (χ1) is 11.2. The lowest BCUT2D eigenvalue weighted by Crippen LogP contribution is -2.50. The van der Waals surface area contributed by atoms with E-state index in [1.807, 2.05) is 41.3 Å². The van der Waals surface area contributed by atoms with Crippen LogP contribution in [0.15, 0.2) is 60.7 Å². The molecule has 120 valence electrons. The molecular formula is C20H24N2O. The van der Waals surface area contributed by atoms with Crippen molar-refractivity contribution in [1.82, 2.24) is 10.2 Å². The Morgan fingerprint density at radius 2 is 1.57 bits per heavy atom. The highest BCUT2D eigenvalue weighted by atomic mass is 16.2. The van der Waals surface area contributed by atoms with Gasteiger partial charge < -0.3 is 10.2 Å². The smallest absolute Gasteiger partial charge is 0.318 e. The summed E-state index contributed by atoms with van der Waals surface area (Å²) in [5.41, 5.74) is 1.94. The molecular weight excluding hydrogens is 284 g/mol. The van der Waals surface area contributed by atoms with Gasteiger partial charge in [0, 0.05) is 13.1 Å². The van der Waals surface area contributed by atoms with E-state index in [0.717, 1.165) is 37.9 Å². The Bertz CT molecular complexity index is 635. The van der Waals surface area contributed by atoms with Gasteiger partial charge in [-0.3, -0.25) is 0 Å². The first-order valence-electron chi connectivity index (χ1n) is 8.34. The molecule has 23 heavy (non-hydrogen) atoms. The van der Waals surface area contributed by atoms with E-state index in [2.05, 4.69) is 36.5 Å². The number of nitrogens with zero attached hydrogens (tertiary/aromatic N) is 1. The lowest BCUT2D eigenvalue weighted by atomic mass is 9.85. The SMILES string of the molecule is CC(Cc1ccccc1)(NC(=O)N1CCCC1)c1ccccc1. The molecule has 1 atom stereocenters. The highest BCUT2D eigenvalue weighted by Gasteiger charge is 2.31. The number of urea groups is 1. The van der Waals surface area contributed by atoms with Crippen LogP contribution in [0.4, 0.5) is 4.79 Å². The number of amides is 2. The maximum Gasteiger partial charge on any atom is 0.318 e. The summed E-state index contributed by atoms with van der Waals surface area (Å²) in [6.45, 7) is 3.84. The summed E-state index contributed by atoms with van der Waals surface area (Å²) in [5, 5.41) is 3.29. The van der Waals surface area contributed by atoms with Crippen LogP contribution >= 0.6 is 0 Å². The quantitative estimate of drug-likeness (QED) is 0.911. The van der Waals surface area contributed by atoms with Gasteiger partial charge >= 0.3 is 6.03 Å². The summed E-state index contributed by atoms with van der Waals surface area (Å²) < 4.78 is 0. The number of benzene rings is 2. The molecule has 0 bridgehead atoms. The molecule has 1 aliphatic heterocycles. The molecule has 2 aromatic rings. The minimum atomic E-state index is -0.414. The Hall–Kier alpha value is -2.29. The summed E-state index contributed by atoms with van der Waals surface area (Å²) in [7, 11) is 0. The zero-order valence-electron chi connectivity index (χ0n) is 13.7. The fourth-order valence-corrected chi connectivity index (χ4v) is 3.26. The zero-order chi connectivity index (χ0) is 16.1. The molecule has 0 saturated carbocycles. The van der Waals surface area contributed by atoms with Crippen molar-refractivity contribution in [1.29, 1.82) is 0 Å². The van der Waals surface area contributed by atoms with Crippen LogP contribution in [0, 0.1) is 0 Å². The molecule has 1 aliphatic rings. The van der Waals surface area contributed by atoms with Crippen molar-refractivity contribution in [3.63, 3.8) is 0 Å². The van der Waals surface area contributed by atoms with E-state index in [-0.39, 0.29) is 6.03 Å². The fourth-order valence-electron chi connectivity index (χ4n) is 3.26. The molecule has 0 aromatic heterocycles. The van der Waals surface area contributed by atoms with E-state index in [4.69, 9.17) is 0 Å². The largest absolute Gasteiger partial charge is 0.328 e. The monoisotopic (exact) mass is 308 g/mol. The number of hydrogen-bond acceptors (Lipinski definition) is 1. The van der Waals surface area contributed by atoms with Gasteiger partial charge in [0.1, 0.15) is 0 Å². The minimum Gasteiger partial charge on any atom is -0.328 e. The molecule has 2 amide bonds. The van der Waals surface area contributed by atoms with Crippen molar-refractivity contribution in [2.45, 2.75) is 31.7 Å². The molecule has 3 nitrogen and oxygen atoms in total. The number of carbonyl (C=O) groups excluding carboxylic acids is 1. The fraction of sp³-hybridized carbons (Fsp3) is 0.350. The van der Waals surface area contributed by atoms with Crippen LogP contribution < -0.4 is 5.32 Å². The Kier molecular flexibility index (Phi) is 4.65. The second-order valence-electron chi connectivity index (χ2n) is 6.48. The van der Waals surface area contributed by atoms with E-state index < -0.39 is 5.54 Å². The molecule has 2 aromatic carbocycles. The van der Waals surface area contributed by atoms with Crippen molar-refractivity contribution in [3.05, 3.63) is 71.8 Å². The Balaban J connectivity index is 1.85. The standard InChI is InChI=1S/C20H24N2O/c1-20(18-12-6-3-7-13-18,16-17-10-4-2-5-11-17)21-19(23)22-14-8-9-15-22/h2-7,10-13H,8-9,14-16H2,1H3,(H,21,23). The molecule has 1 unspecified atom stereocenters. The van der Waals surface area contributed by atoms with Crippen LogP contribution in [0.5, 0.6) is 0 Å². The van der Waals surface area contributed by atoms with Crippen molar-refractivity contribution in [2.24, 2.45) is 0 Å². The highest BCUT2D eigenvalue weighted by Crippen LogP contribution is 2.26. The van der Waals surface area contributed by atoms with E-state index in [1.54, 1.807) is 0 Å². The van der Waals surface area contributed by atoms with Crippen LogP contribution in [-0.4, -0.2) is 24.0 Å². The van der Waals surface area contributed by atoms with E-state index >= 15 is 0 Å². The summed E-state index contributed by atoms with van der Waals surface area (Å²) in [6, 6.07) is 20.6. The maximum atomic E-state index is 12.6. The average molecular weight is 308 g/mol. The van der Waals surface area contributed by atoms with Crippen LogP contribution in [0.2, 0.25) is 0 Å². The van der Waals surface area contributed by atoms with Crippen molar-refractivity contribution >= 4 is 6.03 Å². The third-order valence-corrected chi connectivity index (χ3v) is 4.59. The topological polar surface area (TPSA) is 32.3 Å². The molecule has 0 radical (unpaired) electrons. The van der Waals surface area contributed by atoms with Gasteiger partial charge in [0.15, 0.2) is 0 Å². The van der Waals surface area contributed by atoms with Crippen LogP contribution in [0.1, 0.15) is 30.9 Å². The van der Waals surface area contributed by atoms with Gasteiger partial charge in [-0.2, -0.15) is 0 Å². The van der Waals surface area contributed by atoms with Crippen molar-refractivity contribution < 1.29 is 4.79 Å². The predicted octanol–water partition coefficient (Wildman–Crippen LogP) is 3.95. The second-order valence-corrected chi connectivity index (χ2v) is 6.48. The summed E-state index contributed by atoms with van der Waals surface area (Å²) in [4.78, 5) is 14.6. The number of likely N-dealkylation sites (tertiary alicyclic amines) is 1. The Labute approximate surface area is 138 Å². The number of carbonyl (C=O) groups is 1. The van der Waals surface area contributed by atoms with E-state index in [1.165, 1.54) is 5.56 Å². The van der Waals surface area contributed by atoms with Crippen LogP contribution in [0.3, 0.4) is 0 Å². The van der Waals surface area contributed by atoms with Crippen LogP contribution in [-0.2, 0) is 12.0 Å². The molecule has 1 heterocycles. The number of hydrogen-bond donors (Lipinski definition) is 1. The lowest BCUT2D eigenvalue weighted by Gasteiger charge is -2.33. The molecule has 1 saturated heterocycles. The Morgan fingerprint density at radius 3 is 2.17 bits per heavy atom. The third-order valence-electron chi connectivity index (χ3n) is 4.59. The lowest BCUT2D eigenvalue weighted by molar-refractivity contribution is 0.194. The average Bonchev–Trinajstić information content (AvgIpc) is 3.11. The normalized spacial score (nSPS) is 16.8. The molecule has 1 N–H and O–H groups in total. The molecule has 0 aliphatic carbocycles. The highest BCUT2D eigenvalue weighted by molar-refractivity contribution is 5.75. The summed E-state index contributed by atoms with van der Waals surface area (Å²) >= 11 is 0. The zero-order valence-corrected chi connectivity index (χ0v) is 13.7. The van der Waals surface area contributed by atoms with Gasteiger partial charge in [0.2, 0.25) is 0 Å². The van der Waals surface area contributed by atoms with E-state index in [9.17, 15) is 4.79 Å². The van der Waals surface area contributed by atoms with Gasteiger partial charge in [-0.05, 0) is 37.3 Å². The van der Waals surface area contributed by atoms with Gasteiger partial charge in [0.25, 0.3) is 0 Å². The van der Waals surface area contributed by atoms with Crippen molar-refractivity contribution in [2.75, 3.05) is 13.1 Å². The van der Waals surface area contributed by atoms with Crippen LogP contribution in [0.25, 0.3) is 0 Å². The first-order valence-corrected chi connectivity index (χ1v) is 8.34. The molecule has 0 spiro atoms. The predicted molar refractivity (Wildman–Crippen MR) is 93.3 cm³/mol. The van der Waals surface area contributed by atoms with Gasteiger partial charge in [-0.1, -0.05) is 60.7 Å². The van der Waals surface area contributed by atoms with Gasteiger partial charge in [0.05, 0.1) is 5.54 Å². The summed E-state index contributed by atoms with van der Waals surface area (Å²) in [6.07, 6.45) is 2.99. The minimum absolute atomic E-state index is 0.0461. The number of rotatable bonds is 4. The maximum absolute atomic E-state index is 12.6. The van der Waals surface area contributed by atoms with Gasteiger partial charge in [-0.25, -0.2) is 4.79 Å². The summed E-state index contributed by atoms with van der Waals surface area (Å²) in [5.74, 6) is 0. The van der Waals surface area contributed by atoms with Gasteiger partial charge in [-0.15, -0.1) is 0 Å². The second kappa shape index (κ2) is 6.86. The molecule has 3 heteroatoms. The number of nitrogens with one attached hydrogen (secondary N) is 1.